The Morgan fingerprint density at radius 3 is 2.43 bits per heavy atom. The summed E-state index contributed by atoms with van der Waals surface area (Å²) < 4.78 is 0. The summed E-state index contributed by atoms with van der Waals surface area (Å²) in [6.45, 7) is 9.79. The zero-order valence-corrected chi connectivity index (χ0v) is 14.4. The van der Waals surface area contributed by atoms with Crippen LogP contribution in [0.5, 0.6) is 0 Å². The first kappa shape index (κ1) is 14.3. The summed E-state index contributed by atoms with van der Waals surface area (Å²) in [7, 11) is 0. The largest absolute Gasteiger partial charge is 0.299 e. The molecule has 0 unspecified atom stereocenters. The van der Waals surface area contributed by atoms with Crippen LogP contribution in [0.25, 0.3) is 0 Å². The Bertz CT molecular complexity index is 478. The zero-order chi connectivity index (χ0) is 15.0. The van der Waals surface area contributed by atoms with E-state index in [0.29, 0.717) is 34.4 Å². The molecule has 0 radical (unpaired) electrons. The first-order valence-corrected chi connectivity index (χ1v) is 9.36. The number of Topliss-reactive ketones (excluding diaryl/α,β-unsaturated/α-hetero) is 1. The number of ketones is 1. The smallest absolute Gasteiger partial charge is 0.142 e. The molecule has 6 atom stereocenters. The lowest BCUT2D eigenvalue weighted by atomic mass is 9.36. The Morgan fingerprint density at radius 1 is 0.952 bits per heavy atom. The van der Waals surface area contributed by atoms with Crippen LogP contribution in [0, 0.1) is 39.9 Å². The SMILES string of the molecule is C[C@H]1C(=O)[C@@]23CC[C@@H]1C[C@@H]2[C@@]1(C)CCCC(C)(C)[C@@H]1CC3. The lowest BCUT2D eigenvalue weighted by molar-refractivity contribution is -0.194. The van der Waals surface area contributed by atoms with Crippen LogP contribution < -0.4 is 0 Å². The summed E-state index contributed by atoms with van der Waals surface area (Å²) in [4.78, 5) is 13.1. The van der Waals surface area contributed by atoms with E-state index in [-0.39, 0.29) is 5.41 Å². The second-order valence-corrected chi connectivity index (χ2v) is 9.84. The van der Waals surface area contributed by atoms with Gasteiger partial charge in [0, 0.05) is 11.3 Å². The summed E-state index contributed by atoms with van der Waals surface area (Å²) in [6.07, 6.45) is 10.6. The van der Waals surface area contributed by atoms with Crippen molar-refractivity contribution in [3.05, 3.63) is 0 Å². The maximum atomic E-state index is 13.1. The van der Waals surface area contributed by atoms with E-state index >= 15 is 0 Å². The first-order valence-electron chi connectivity index (χ1n) is 9.36. The third-order valence-corrected chi connectivity index (χ3v) is 8.73. The lowest BCUT2D eigenvalue weighted by Crippen LogP contribution is -2.64. The van der Waals surface area contributed by atoms with Gasteiger partial charge >= 0.3 is 0 Å². The van der Waals surface area contributed by atoms with Crippen LogP contribution in [0.15, 0.2) is 0 Å². The lowest BCUT2D eigenvalue weighted by Gasteiger charge is -2.67. The molecule has 0 aromatic rings. The van der Waals surface area contributed by atoms with Crippen molar-refractivity contribution in [2.75, 3.05) is 0 Å². The average Bonchev–Trinajstić information content (AvgIpc) is 2.43. The molecular formula is C20H32O. The molecule has 5 rings (SSSR count). The van der Waals surface area contributed by atoms with Gasteiger partial charge in [0.1, 0.15) is 5.78 Å². The van der Waals surface area contributed by atoms with Crippen LogP contribution in [0.1, 0.15) is 79.1 Å². The van der Waals surface area contributed by atoms with E-state index in [4.69, 9.17) is 0 Å². The van der Waals surface area contributed by atoms with Crippen LogP contribution in [-0.4, -0.2) is 5.78 Å². The minimum Gasteiger partial charge on any atom is -0.299 e. The molecule has 0 aromatic carbocycles. The molecule has 1 nitrogen and oxygen atoms in total. The van der Waals surface area contributed by atoms with Gasteiger partial charge in [0.25, 0.3) is 0 Å². The molecule has 5 aliphatic carbocycles. The molecule has 0 aromatic heterocycles. The maximum Gasteiger partial charge on any atom is 0.142 e. The van der Waals surface area contributed by atoms with E-state index in [1.807, 2.05) is 0 Å². The normalized spacial score (nSPS) is 55.0. The number of carbonyl (C=O) groups is 1. The van der Waals surface area contributed by atoms with Crippen LogP contribution >= 0.6 is 0 Å². The molecule has 118 valence electrons. The maximum absolute atomic E-state index is 13.1. The second-order valence-electron chi connectivity index (χ2n) is 9.84. The van der Waals surface area contributed by atoms with Gasteiger partial charge in [-0.05, 0) is 73.5 Å². The van der Waals surface area contributed by atoms with Crippen LogP contribution in [0.4, 0.5) is 0 Å². The number of carbonyl (C=O) groups excluding carboxylic acids is 1. The summed E-state index contributed by atoms with van der Waals surface area (Å²) >= 11 is 0. The molecule has 2 bridgehead atoms. The molecule has 0 saturated heterocycles. The molecule has 21 heavy (non-hydrogen) atoms. The molecule has 0 heterocycles. The van der Waals surface area contributed by atoms with Crippen molar-refractivity contribution in [1.29, 1.82) is 0 Å². The van der Waals surface area contributed by atoms with E-state index in [2.05, 4.69) is 27.7 Å². The molecule has 5 aliphatic rings. The van der Waals surface area contributed by atoms with Crippen LogP contribution in [0.3, 0.4) is 0 Å². The van der Waals surface area contributed by atoms with Crippen LogP contribution in [-0.2, 0) is 4.79 Å². The van der Waals surface area contributed by atoms with E-state index < -0.39 is 0 Å². The monoisotopic (exact) mass is 288 g/mol. The Kier molecular flexibility index (Phi) is 2.82. The third-order valence-electron chi connectivity index (χ3n) is 8.73. The highest BCUT2D eigenvalue weighted by Crippen LogP contribution is 2.71. The Hall–Kier alpha value is -0.330. The van der Waals surface area contributed by atoms with Crippen LogP contribution in [0.2, 0.25) is 0 Å². The van der Waals surface area contributed by atoms with Gasteiger partial charge in [-0.15, -0.1) is 0 Å². The topological polar surface area (TPSA) is 17.1 Å². The Labute approximate surface area is 130 Å². The fourth-order valence-corrected chi connectivity index (χ4v) is 7.71. The third kappa shape index (κ3) is 1.61. The molecule has 1 heteroatoms. The molecule has 5 fully saturated rings. The average molecular weight is 288 g/mol. The standard InChI is InChI=1S/C20H32O/c1-13-14-6-10-20(17(13)21)11-7-15-18(2,3)8-5-9-19(15,4)16(20)12-14/h13-16H,5-12H2,1-4H3/t13-,14-,15+,16-,19+,20-/m1/s1. The highest BCUT2D eigenvalue weighted by atomic mass is 16.1. The Balaban J connectivity index is 1.78. The van der Waals surface area contributed by atoms with Gasteiger partial charge < -0.3 is 0 Å². The Morgan fingerprint density at radius 2 is 1.67 bits per heavy atom. The highest BCUT2D eigenvalue weighted by Gasteiger charge is 2.66. The summed E-state index contributed by atoms with van der Waals surface area (Å²) in [6, 6.07) is 0. The van der Waals surface area contributed by atoms with Gasteiger partial charge in [-0.1, -0.05) is 34.1 Å². The minimum atomic E-state index is 0.0901. The molecule has 1 spiro atoms. The van der Waals surface area contributed by atoms with Crippen molar-refractivity contribution >= 4 is 5.78 Å². The number of rotatable bonds is 0. The minimum absolute atomic E-state index is 0.0901. The molecule has 0 amide bonds. The van der Waals surface area contributed by atoms with Gasteiger partial charge in [-0.2, -0.15) is 0 Å². The predicted molar refractivity (Wildman–Crippen MR) is 85.9 cm³/mol. The van der Waals surface area contributed by atoms with E-state index in [1.165, 1.54) is 51.4 Å². The fraction of sp³-hybridized carbons (Fsp3) is 0.950. The quantitative estimate of drug-likeness (QED) is 0.596. The fourth-order valence-electron chi connectivity index (χ4n) is 7.71. The highest BCUT2D eigenvalue weighted by molar-refractivity contribution is 5.89. The number of hydrogen-bond acceptors (Lipinski definition) is 1. The van der Waals surface area contributed by atoms with E-state index in [1.54, 1.807) is 0 Å². The van der Waals surface area contributed by atoms with Gasteiger partial charge in [-0.25, -0.2) is 0 Å². The number of hydrogen-bond donors (Lipinski definition) is 0. The second kappa shape index (κ2) is 4.15. The number of fused-ring (bicyclic) bond motifs is 3. The molecule has 0 aliphatic heterocycles. The zero-order valence-electron chi connectivity index (χ0n) is 14.4. The van der Waals surface area contributed by atoms with Crippen molar-refractivity contribution in [1.82, 2.24) is 0 Å². The summed E-state index contributed by atoms with van der Waals surface area (Å²) in [5.41, 5.74) is 1.02. The van der Waals surface area contributed by atoms with Gasteiger partial charge in [0.15, 0.2) is 0 Å². The molecular weight excluding hydrogens is 256 g/mol. The molecule has 0 N–H and O–H groups in total. The van der Waals surface area contributed by atoms with Crippen molar-refractivity contribution < 1.29 is 4.79 Å². The van der Waals surface area contributed by atoms with Crippen molar-refractivity contribution in [2.45, 2.75) is 79.1 Å². The van der Waals surface area contributed by atoms with Crippen molar-refractivity contribution in [3.8, 4) is 0 Å². The summed E-state index contributed by atoms with van der Waals surface area (Å²) in [5.74, 6) is 3.26. The van der Waals surface area contributed by atoms with Crippen molar-refractivity contribution in [3.63, 3.8) is 0 Å². The first-order chi connectivity index (χ1) is 9.81. The van der Waals surface area contributed by atoms with E-state index in [0.717, 1.165) is 5.92 Å². The van der Waals surface area contributed by atoms with Gasteiger partial charge in [0.2, 0.25) is 0 Å². The van der Waals surface area contributed by atoms with Gasteiger partial charge in [-0.3, -0.25) is 4.79 Å². The molecule has 5 saturated carbocycles. The van der Waals surface area contributed by atoms with Gasteiger partial charge in [0.05, 0.1) is 0 Å². The summed E-state index contributed by atoms with van der Waals surface area (Å²) in [5, 5.41) is 0. The van der Waals surface area contributed by atoms with Crippen molar-refractivity contribution in [2.24, 2.45) is 39.9 Å². The predicted octanol–water partition coefficient (Wildman–Crippen LogP) is 5.23. The van der Waals surface area contributed by atoms with E-state index in [9.17, 15) is 4.79 Å².